The van der Waals surface area contributed by atoms with Crippen LogP contribution >= 0.6 is 0 Å². The molecule has 7 heteroatoms. The smallest absolute Gasteiger partial charge is 0.263 e. The highest BCUT2D eigenvalue weighted by Gasteiger charge is 2.10. The Bertz CT molecular complexity index is 850. The number of rotatable bonds is 6. The molecule has 0 unspecified atom stereocenters. The number of phenolic OH excluding ortho intramolecular Hbond substituents is 1. The minimum atomic E-state index is -0.580. The van der Waals surface area contributed by atoms with Crippen molar-refractivity contribution in [2.45, 2.75) is 6.42 Å². The number of hydrogen-bond donors (Lipinski definition) is 4. The van der Waals surface area contributed by atoms with Crippen LogP contribution < -0.4 is 16.4 Å². The van der Waals surface area contributed by atoms with Crippen LogP contribution in [0.2, 0.25) is 0 Å². The van der Waals surface area contributed by atoms with Crippen molar-refractivity contribution in [1.82, 2.24) is 10.6 Å². The van der Waals surface area contributed by atoms with E-state index in [0.29, 0.717) is 24.2 Å². The first-order valence-electron chi connectivity index (χ1n) is 7.82. The van der Waals surface area contributed by atoms with Crippen molar-refractivity contribution in [3.05, 3.63) is 71.4 Å². The number of nitrogens with one attached hydrogen (secondary N) is 2. The number of hydrogen-bond acceptors (Lipinski definition) is 5. The van der Waals surface area contributed by atoms with E-state index in [1.807, 2.05) is 0 Å². The van der Waals surface area contributed by atoms with Crippen molar-refractivity contribution in [2.75, 3.05) is 12.3 Å². The lowest BCUT2D eigenvalue weighted by molar-refractivity contribution is -0.117. The minimum Gasteiger partial charge on any atom is -0.508 e. The Kier molecular flexibility index (Phi) is 6.34. The summed E-state index contributed by atoms with van der Waals surface area (Å²) < 4.78 is 0. The molecule has 0 atom stereocenters. The summed E-state index contributed by atoms with van der Waals surface area (Å²) in [5, 5.41) is 23.3. The van der Waals surface area contributed by atoms with Crippen molar-refractivity contribution < 1.29 is 14.7 Å². The Morgan fingerprint density at radius 2 is 1.77 bits per heavy atom. The van der Waals surface area contributed by atoms with E-state index in [-0.39, 0.29) is 11.3 Å². The molecule has 2 aromatic carbocycles. The summed E-state index contributed by atoms with van der Waals surface area (Å²) in [6.07, 6.45) is 1.62. The van der Waals surface area contributed by atoms with E-state index >= 15 is 0 Å². The zero-order valence-electron chi connectivity index (χ0n) is 13.9. The van der Waals surface area contributed by atoms with E-state index in [1.54, 1.807) is 54.6 Å². The highest BCUT2D eigenvalue weighted by Crippen LogP contribution is 2.09. The summed E-state index contributed by atoms with van der Waals surface area (Å²) in [5.41, 5.74) is 7.17. The van der Waals surface area contributed by atoms with Gasteiger partial charge < -0.3 is 21.5 Å². The van der Waals surface area contributed by atoms with Gasteiger partial charge in [0.15, 0.2) is 0 Å². The molecule has 2 aromatic rings. The van der Waals surface area contributed by atoms with Crippen LogP contribution in [0.25, 0.3) is 0 Å². The molecule has 5 N–H and O–H groups in total. The third-order valence-electron chi connectivity index (χ3n) is 3.52. The number of benzene rings is 2. The topological polar surface area (TPSA) is 128 Å². The average molecular weight is 350 g/mol. The van der Waals surface area contributed by atoms with Crippen molar-refractivity contribution in [1.29, 1.82) is 5.26 Å². The largest absolute Gasteiger partial charge is 0.508 e. The van der Waals surface area contributed by atoms with Gasteiger partial charge in [0.25, 0.3) is 11.8 Å². The number of nitrogens with zero attached hydrogens (tertiary/aromatic N) is 1. The van der Waals surface area contributed by atoms with Gasteiger partial charge in [-0.25, -0.2) is 0 Å². The summed E-state index contributed by atoms with van der Waals surface area (Å²) >= 11 is 0. The van der Waals surface area contributed by atoms with Crippen molar-refractivity contribution in [3.63, 3.8) is 0 Å². The average Bonchev–Trinajstić information content (AvgIpc) is 2.64. The van der Waals surface area contributed by atoms with Gasteiger partial charge in [-0.05, 0) is 48.4 Å². The Morgan fingerprint density at radius 3 is 2.38 bits per heavy atom. The zero-order valence-corrected chi connectivity index (χ0v) is 13.9. The molecule has 0 radical (unpaired) electrons. The Balaban J connectivity index is 1.87. The van der Waals surface area contributed by atoms with Gasteiger partial charge in [-0.15, -0.1) is 0 Å². The monoisotopic (exact) mass is 350 g/mol. The first-order chi connectivity index (χ1) is 12.5. The van der Waals surface area contributed by atoms with Crippen LogP contribution in [0.5, 0.6) is 5.75 Å². The van der Waals surface area contributed by atoms with Crippen LogP contribution in [0, 0.1) is 11.3 Å². The second-order valence-electron chi connectivity index (χ2n) is 5.44. The molecule has 0 saturated heterocycles. The molecule has 0 aliphatic rings. The maximum Gasteiger partial charge on any atom is 0.263 e. The van der Waals surface area contributed by atoms with Gasteiger partial charge in [0.1, 0.15) is 17.4 Å². The SMILES string of the molecule is N#C/C(=C/NC(=O)c1ccc(N)cc1)C(=O)NCCc1ccc(O)cc1. The van der Waals surface area contributed by atoms with E-state index in [0.717, 1.165) is 11.8 Å². The molecule has 2 rings (SSSR count). The van der Waals surface area contributed by atoms with E-state index < -0.39 is 11.8 Å². The molecule has 26 heavy (non-hydrogen) atoms. The van der Waals surface area contributed by atoms with Gasteiger partial charge in [-0.1, -0.05) is 12.1 Å². The number of anilines is 1. The standard InChI is InChI=1S/C19H18N4O3/c20-11-15(12-23-18(25)14-3-5-16(21)6-4-14)19(26)22-10-9-13-1-7-17(24)8-2-13/h1-8,12,24H,9-10,21H2,(H,22,26)(H,23,25)/b15-12-. The summed E-state index contributed by atoms with van der Waals surface area (Å²) in [5.74, 6) is -0.858. The van der Waals surface area contributed by atoms with E-state index in [4.69, 9.17) is 11.0 Å². The van der Waals surface area contributed by atoms with Gasteiger partial charge in [0.05, 0.1) is 0 Å². The molecule has 132 valence electrons. The molecule has 0 fully saturated rings. The van der Waals surface area contributed by atoms with Crippen LogP contribution in [-0.2, 0) is 11.2 Å². The number of carbonyl (C=O) groups excluding carboxylic acids is 2. The molecule has 0 aliphatic heterocycles. The lowest BCUT2D eigenvalue weighted by Gasteiger charge is -2.05. The number of phenols is 1. The second-order valence-corrected chi connectivity index (χ2v) is 5.44. The number of carbonyl (C=O) groups is 2. The van der Waals surface area contributed by atoms with Crippen molar-refractivity contribution in [2.24, 2.45) is 0 Å². The fraction of sp³-hybridized carbons (Fsp3) is 0.105. The first-order valence-corrected chi connectivity index (χ1v) is 7.82. The summed E-state index contributed by atoms with van der Waals surface area (Å²) in [4.78, 5) is 24.0. The summed E-state index contributed by atoms with van der Waals surface area (Å²) in [6.45, 7) is 0.314. The van der Waals surface area contributed by atoms with E-state index in [2.05, 4.69) is 10.6 Å². The highest BCUT2D eigenvalue weighted by molar-refractivity contribution is 5.99. The molecular weight excluding hydrogens is 332 g/mol. The van der Waals surface area contributed by atoms with Crippen molar-refractivity contribution in [3.8, 4) is 11.8 Å². The van der Waals surface area contributed by atoms with Crippen LogP contribution in [0.15, 0.2) is 60.3 Å². The van der Waals surface area contributed by atoms with Gasteiger partial charge in [0.2, 0.25) is 0 Å². The third kappa shape index (κ3) is 5.39. The molecule has 0 aromatic heterocycles. The second kappa shape index (κ2) is 8.89. The maximum absolute atomic E-state index is 12.0. The highest BCUT2D eigenvalue weighted by atomic mass is 16.3. The maximum atomic E-state index is 12.0. The lowest BCUT2D eigenvalue weighted by atomic mass is 10.1. The molecular formula is C19H18N4O3. The third-order valence-corrected chi connectivity index (χ3v) is 3.52. The quantitative estimate of drug-likeness (QED) is 0.356. The van der Waals surface area contributed by atoms with Crippen molar-refractivity contribution >= 4 is 17.5 Å². The number of amides is 2. The van der Waals surface area contributed by atoms with Crippen LogP contribution in [0.3, 0.4) is 0 Å². The minimum absolute atomic E-state index is 0.171. The van der Waals surface area contributed by atoms with Crippen LogP contribution in [0.1, 0.15) is 15.9 Å². The molecule has 0 spiro atoms. The fourth-order valence-corrected chi connectivity index (χ4v) is 2.08. The molecule has 0 heterocycles. The number of nitrogen functional groups attached to an aromatic ring is 1. The molecule has 0 aliphatic carbocycles. The Labute approximate surface area is 150 Å². The Hall–Kier alpha value is -3.79. The molecule has 7 nitrogen and oxygen atoms in total. The fourth-order valence-electron chi connectivity index (χ4n) is 2.08. The predicted molar refractivity (Wildman–Crippen MR) is 96.8 cm³/mol. The molecule has 0 saturated carbocycles. The number of nitrogens with two attached hydrogens (primary N) is 1. The van der Waals surface area contributed by atoms with Crippen LogP contribution in [-0.4, -0.2) is 23.5 Å². The predicted octanol–water partition coefficient (Wildman–Crippen LogP) is 1.47. The normalized spacial score (nSPS) is 10.7. The molecule has 2 amide bonds. The number of nitriles is 1. The van der Waals surface area contributed by atoms with Gasteiger partial charge >= 0.3 is 0 Å². The van der Waals surface area contributed by atoms with Gasteiger partial charge in [0, 0.05) is 24.0 Å². The van der Waals surface area contributed by atoms with Crippen LogP contribution in [0.4, 0.5) is 5.69 Å². The first kappa shape index (κ1) is 18.5. The van der Waals surface area contributed by atoms with E-state index in [9.17, 15) is 14.7 Å². The van der Waals surface area contributed by atoms with E-state index in [1.165, 1.54) is 0 Å². The number of aromatic hydroxyl groups is 1. The summed E-state index contributed by atoms with van der Waals surface area (Å²) in [7, 11) is 0. The lowest BCUT2D eigenvalue weighted by Crippen LogP contribution is -2.28. The van der Waals surface area contributed by atoms with Gasteiger partial charge in [-0.3, -0.25) is 9.59 Å². The zero-order chi connectivity index (χ0) is 18.9. The molecule has 0 bridgehead atoms. The Morgan fingerprint density at radius 1 is 1.12 bits per heavy atom. The van der Waals surface area contributed by atoms with Gasteiger partial charge in [-0.2, -0.15) is 5.26 Å². The summed E-state index contributed by atoms with van der Waals surface area (Å²) in [6, 6.07) is 14.6.